The van der Waals surface area contributed by atoms with E-state index in [0.29, 0.717) is 12.5 Å². The second-order valence-electron chi connectivity index (χ2n) is 8.93. The Morgan fingerprint density at radius 2 is 1.94 bits per heavy atom. The smallest absolute Gasteiger partial charge is 0.437 e. The molecule has 3 aromatic heterocycles. The van der Waals surface area contributed by atoms with Gasteiger partial charge in [-0.2, -0.15) is 18.3 Å². The molecule has 1 atom stereocenters. The van der Waals surface area contributed by atoms with Crippen molar-refractivity contribution in [2.75, 3.05) is 37.8 Å². The van der Waals surface area contributed by atoms with E-state index >= 15 is 0 Å². The van der Waals surface area contributed by atoms with Crippen molar-refractivity contribution in [3.8, 4) is 5.75 Å². The Labute approximate surface area is 195 Å². The molecule has 5 heterocycles. The first kappa shape index (κ1) is 22.8. The van der Waals surface area contributed by atoms with Crippen molar-refractivity contribution in [2.45, 2.75) is 38.4 Å². The van der Waals surface area contributed by atoms with Crippen LogP contribution in [0.25, 0.3) is 11.2 Å². The van der Waals surface area contributed by atoms with Crippen LogP contribution in [0.4, 0.5) is 19.0 Å². The molecule has 8 nitrogen and oxygen atoms in total. The molecule has 2 aliphatic rings. The third-order valence-electron chi connectivity index (χ3n) is 6.46. The maximum absolute atomic E-state index is 13.2. The summed E-state index contributed by atoms with van der Waals surface area (Å²) in [5, 5.41) is 4.50. The van der Waals surface area contributed by atoms with Gasteiger partial charge in [-0.25, -0.2) is 19.6 Å². The van der Waals surface area contributed by atoms with Crippen molar-refractivity contribution in [3.05, 3.63) is 36.4 Å². The molecular weight excluding hydrogens is 449 g/mol. The second kappa shape index (κ2) is 9.73. The fraction of sp³-hybridized carbons (Fsp3) is 0.565. The van der Waals surface area contributed by atoms with E-state index in [2.05, 4.69) is 20.0 Å². The molecule has 34 heavy (non-hydrogen) atoms. The molecule has 3 aromatic rings. The van der Waals surface area contributed by atoms with Crippen molar-refractivity contribution < 1.29 is 22.6 Å². The number of piperidine rings is 1. The van der Waals surface area contributed by atoms with Crippen LogP contribution in [0, 0.1) is 11.8 Å². The van der Waals surface area contributed by atoms with Gasteiger partial charge in [0.25, 0.3) is 0 Å². The quantitative estimate of drug-likeness (QED) is 0.533. The molecule has 11 heteroatoms. The normalized spacial score (nSPS) is 20.1. The number of rotatable bonds is 6. The Morgan fingerprint density at radius 3 is 2.76 bits per heavy atom. The average molecular weight is 477 g/mol. The summed E-state index contributed by atoms with van der Waals surface area (Å²) in [6, 6.07) is 2.77. The molecule has 2 fully saturated rings. The predicted molar refractivity (Wildman–Crippen MR) is 119 cm³/mol. The van der Waals surface area contributed by atoms with Gasteiger partial charge in [-0.1, -0.05) is 0 Å². The Hall–Kier alpha value is -2.95. The molecule has 0 amide bonds. The number of ether oxygens (including phenoxy) is 2. The molecule has 0 N–H and O–H groups in total. The minimum atomic E-state index is -4.55. The average Bonchev–Trinajstić information content (AvgIpc) is 3.25. The van der Waals surface area contributed by atoms with Crippen LogP contribution in [0.1, 0.15) is 31.4 Å². The molecule has 0 bridgehead atoms. The number of alkyl halides is 3. The lowest BCUT2D eigenvalue weighted by Crippen LogP contribution is -2.38. The Bertz CT molecular complexity index is 1120. The first-order valence-electron chi connectivity index (χ1n) is 11.6. The molecule has 0 spiro atoms. The van der Waals surface area contributed by atoms with E-state index in [1.54, 1.807) is 12.4 Å². The van der Waals surface area contributed by atoms with Gasteiger partial charge in [0.1, 0.15) is 17.1 Å². The van der Waals surface area contributed by atoms with E-state index in [0.717, 1.165) is 75.2 Å². The standard InChI is InChI=1S/C23H27F3N6O2/c24-23(25,26)21-19(4-1-7-27-21)34-15-17-3-2-8-31(13-17)20-12-28-18-11-29-32(22(18)30-20)14-16-5-9-33-10-6-16/h1,4,7,11-12,16-17H,2-3,5-6,8-10,13-15H2/t17-/m0/s1. The molecule has 0 saturated carbocycles. The monoisotopic (exact) mass is 476 g/mol. The van der Waals surface area contributed by atoms with Crippen LogP contribution in [-0.4, -0.2) is 57.6 Å². The van der Waals surface area contributed by atoms with E-state index in [4.69, 9.17) is 14.5 Å². The van der Waals surface area contributed by atoms with E-state index in [1.807, 2.05) is 4.68 Å². The van der Waals surface area contributed by atoms with Gasteiger partial charge in [-0.15, -0.1) is 0 Å². The first-order valence-corrected chi connectivity index (χ1v) is 11.6. The van der Waals surface area contributed by atoms with Crippen molar-refractivity contribution in [3.63, 3.8) is 0 Å². The molecule has 2 saturated heterocycles. The Balaban J connectivity index is 1.26. The summed E-state index contributed by atoms with van der Waals surface area (Å²) in [6.45, 7) is 3.97. The largest absolute Gasteiger partial charge is 0.491 e. The van der Waals surface area contributed by atoms with Crippen LogP contribution in [0.5, 0.6) is 5.75 Å². The SMILES string of the molecule is FC(F)(F)c1ncccc1OC[C@H]1CCCN(c2cnc3cnn(CC4CCOCC4)c3n2)C1. The summed E-state index contributed by atoms with van der Waals surface area (Å²) in [7, 11) is 0. The van der Waals surface area contributed by atoms with Gasteiger partial charge < -0.3 is 14.4 Å². The lowest BCUT2D eigenvalue weighted by molar-refractivity contribution is -0.142. The van der Waals surface area contributed by atoms with Crippen LogP contribution in [0.2, 0.25) is 0 Å². The van der Waals surface area contributed by atoms with Gasteiger partial charge in [0.2, 0.25) is 0 Å². The second-order valence-corrected chi connectivity index (χ2v) is 8.93. The molecule has 182 valence electrons. The summed E-state index contributed by atoms with van der Waals surface area (Å²) >= 11 is 0. The van der Waals surface area contributed by atoms with Crippen molar-refractivity contribution in [2.24, 2.45) is 11.8 Å². The highest BCUT2D eigenvalue weighted by molar-refractivity contribution is 5.71. The van der Waals surface area contributed by atoms with E-state index < -0.39 is 11.9 Å². The predicted octanol–water partition coefficient (Wildman–Crippen LogP) is 3.96. The summed E-state index contributed by atoms with van der Waals surface area (Å²) < 4.78 is 52.6. The molecular formula is C23H27F3N6O2. The maximum atomic E-state index is 13.2. The van der Waals surface area contributed by atoms with Crippen LogP contribution in [-0.2, 0) is 17.5 Å². The Kier molecular flexibility index (Phi) is 6.53. The number of hydrogen-bond acceptors (Lipinski definition) is 7. The molecule has 0 aromatic carbocycles. The van der Waals surface area contributed by atoms with Crippen LogP contribution in [0.15, 0.2) is 30.7 Å². The lowest BCUT2D eigenvalue weighted by Gasteiger charge is -2.33. The highest BCUT2D eigenvalue weighted by atomic mass is 19.4. The van der Waals surface area contributed by atoms with E-state index in [1.165, 1.54) is 12.1 Å². The highest BCUT2D eigenvalue weighted by Gasteiger charge is 2.36. The number of hydrogen-bond donors (Lipinski definition) is 0. The van der Waals surface area contributed by atoms with Gasteiger partial charge in [0.15, 0.2) is 11.3 Å². The summed E-state index contributed by atoms with van der Waals surface area (Å²) in [4.78, 5) is 15.0. The number of aromatic nitrogens is 5. The minimum Gasteiger partial charge on any atom is -0.491 e. The third kappa shape index (κ3) is 5.08. The van der Waals surface area contributed by atoms with Gasteiger partial charge >= 0.3 is 6.18 Å². The molecule has 0 aliphatic carbocycles. The topological polar surface area (TPSA) is 78.2 Å². The van der Waals surface area contributed by atoms with Crippen LogP contribution < -0.4 is 9.64 Å². The van der Waals surface area contributed by atoms with Crippen molar-refractivity contribution in [1.29, 1.82) is 0 Å². The molecule has 0 radical (unpaired) electrons. The summed E-state index contributed by atoms with van der Waals surface area (Å²) in [5.74, 6) is 1.10. The molecule has 0 unspecified atom stereocenters. The van der Waals surface area contributed by atoms with E-state index in [-0.39, 0.29) is 18.3 Å². The van der Waals surface area contributed by atoms with Gasteiger partial charge in [-0.05, 0) is 43.7 Å². The number of anilines is 1. The van der Waals surface area contributed by atoms with Crippen molar-refractivity contribution in [1.82, 2.24) is 24.7 Å². The number of halogens is 3. The maximum Gasteiger partial charge on any atom is 0.437 e. The summed E-state index contributed by atoms with van der Waals surface area (Å²) in [6.07, 6.45) is 3.85. The Morgan fingerprint density at radius 1 is 1.09 bits per heavy atom. The fourth-order valence-corrected chi connectivity index (χ4v) is 4.64. The molecule has 2 aliphatic heterocycles. The number of nitrogens with zero attached hydrogens (tertiary/aromatic N) is 6. The fourth-order valence-electron chi connectivity index (χ4n) is 4.64. The van der Waals surface area contributed by atoms with Gasteiger partial charge in [0.05, 0.1) is 19.0 Å². The zero-order valence-electron chi connectivity index (χ0n) is 18.7. The zero-order valence-corrected chi connectivity index (χ0v) is 18.7. The minimum absolute atomic E-state index is 0.0692. The van der Waals surface area contributed by atoms with Gasteiger partial charge in [0, 0.05) is 45.0 Å². The van der Waals surface area contributed by atoms with Crippen LogP contribution in [0.3, 0.4) is 0 Å². The highest BCUT2D eigenvalue weighted by Crippen LogP contribution is 2.34. The molecule has 5 rings (SSSR count). The van der Waals surface area contributed by atoms with Crippen LogP contribution >= 0.6 is 0 Å². The summed E-state index contributed by atoms with van der Waals surface area (Å²) in [5.41, 5.74) is 0.522. The number of pyridine rings is 1. The first-order chi connectivity index (χ1) is 16.5. The van der Waals surface area contributed by atoms with Crippen molar-refractivity contribution >= 4 is 17.0 Å². The third-order valence-corrected chi connectivity index (χ3v) is 6.46. The lowest BCUT2D eigenvalue weighted by atomic mass is 9.99. The zero-order chi connectivity index (χ0) is 23.5. The number of fused-ring (bicyclic) bond motifs is 1. The van der Waals surface area contributed by atoms with E-state index in [9.17, 15) is 13.2 Å². The van der Waals surface area contributed by atoms with Gasteiger partial charge in [-0.3, -0.25) is 0 Å².